The van der Waals surface area contributed by atoms with Crippen LogP contribution in [0.1, 0.15) is 5.56 Å². The van der Waals surface area contributed by atoms with Crippen molar-refractivity contribution in [3.05, 3.63) is 29.8 Å². The number of nitrogens with two attached hydrogens (primary N) is 1. The van der Waals surface area contributed by atoms with E-state index in [0.29, 0.717) is 0 Å². The SMILES string of the molecule is Cc1[c]ccc(N)c1.Cl. The van der Waals surface area contributed by atoms with Crippen LogP contribution in [0.5, 0.6) is 0 Å². The van der Waals surface area contributed by atoms with Crippen LogP contribution in [-0.2, 0) is 0 Å². The van der Waals surface area contributed by atoms with Crippen LogP contribution < -0.4 is 5.73 Å². The lowest BCUT2D eigenvalue weighted by Crippen LogP contribution is -1.82. The maximum Gasteiger partial charge on any atom is 0.0317 e. The minimum Gasteiger partial charge on any atom is -0.399 e. The number of rotatable bonds is 0. The van der Waals surface area contributed by atoms with Gasteiger partial charge in [0.05, 0.1) is 0 Å². The molecule has 0 aliphatic rings. The average molecular weight is 143 g/mol. The Morgan fingerprint density at radius 3 is 2.56 bits per heavy atom. The molecule has 0 atom stereocenters. The van der Waals surface area contributed by atoms with E-state index >= 15 is 0 Å². The van der Waals surface area contributed by atoms with Gasteiger partial charge in [-0.15, -0.1) is 12.4 Å². The molecule has 1 nitrogen and oxygen atoms in total. The second-order valence-corrected chi connectivity index (χ2v) is 1.81. The van der Waals surface area contributed by atoms with Crippen LogP contribution in [0.25, 0.3) is 0 Å². The van der Waals surface area contributed by atoms with Crippen molar-refractivity contribution in [2.24, 2.45) is 0 Å². The largest absolute Gasteiger partial charge is 0.399 e. The van der Waals surface area contributed by atoms with Gasteiger partial charge in [-0.1, -0.05) is 6.07 Å². The summed E-state index contributed by atoms with van der Waals surface area (Å²) in [7, 11) is 0. The molecule has 0 fully saturated rings. The van der Waals surface area contributed by atoms with E-state index in [0.717, 1.165) is 11.3 Å². The molecule has 0 saturated carbocycles. The molecule has 1 radical (unpaired) electrons. The fourth-order valence-electron chi connectivity index (χ4n) is 0.609. The normalized spacial score (nSPS) is 8.11. The molecule has 0 aliphatic heterocycles. The Morgan fingerprint density at radius 2 is 2.22 bits per heavy atom. The predicted octanol–water partition coefficient (Wildman–Crippen LogP) is 1.80. The molecule has 0 aromatic heterocycles. The van der Waals surface area contributed by atoms with Gasteiger partial charge < -0.3 is 5.73 Å². The standard InChI is InChI=1S/C7H8N.ClH/c1-6-3-2-4-7(8)5-6;/h2,4-5H,8H2,1H3;1H. The van der Waals surface area contributed by atoms with Gasteiger partial charge in [-0.25, -0.2) is 0 Å². The van der Waals surface area contributed by atoms with Gasteiger partial charge in [-0.3, -0.25) is 0 Å². The van der Waals surface area contributed by atoms with Gasteiger partial charge in [0.1, 0.15) is 0 Å². The molecule has 49 valence electrons. The fourth-order valence-corrected chi connectivity index (χ4v) is 0.609. The summed E-state index contributed by atoms with van der Waals surface area (Å²) in [5.74, 6) is 0. The van der Waals surface area contributed by atoms with E-state index in [1.165, 1.54) is 0 Å². The number of aryl methyl sites for hydroxylation is 1. The molecular formula is C7H9ClN. The van der Waals surface area contributed by atoms with E-state index in [-0.39, 0.29) is 12.4 Å². The van der Waals surface area contributed by atoms with E-state index in [9.17, 15) is 0 Å². The third-order valence-corrected chi connectivity index (χ3v) is 0.970. The highest BCUT2D eigenvalue weighted by molar-refractivity contribution is 5.85. The van der Waals surface area contributed by atoms with Crippen molar-refractivity contribution in [3.8, 4) is 0 Å². The van der Waals surface area contributed by atoms with E-state index in [2.05, 4.69) is 6.07 Å². The van der Waals surface area contributed by atoms with Gasteiger partial charge in [0.15, 0.2) is 0 Å². The second-order valence-electron chi connectivity index (χ2n) is 1.81. The minimum absolute atomic E-state index is 0. The van der Waals surface area contributed by atoms with Crippen molar-refractivity contribution in [2.45, 2.75) is 6.92 Å². The van der Waals surface area contributed by atoms with Crippen LogP contribution in [0.2, 0.25) is 0 Å². The van der Waals surface area contributed by atoms with Crippen LogP contribution in [0, 0.1) is 13.0 Å². The van der Waals surface area contributed by atoms with Crippen molar-refractivity contribution >= 4 is 18.1 Å². The third kappa shape index (κ3) is 2.38. The van der Waals surface area contributed by atoms with Crippen molar-refractivity contribution < 1.29 is 0 Å². The van der Waals surface area contributed by atoms with Crippen LogP contribution in [0.4, 0.5) is 5.69 Å². The monoisotopic (exact) mass is 142 g/mol. The first-order valence-corrected chi connectivity index (χ1v) is 2.53. The number of hydrogen-bond acceptors (Lipinski definition) is 1. The molecule has 0 saturated heterocycles. The smallest absolute Gasteiger partial charge is 0.0317 e. The van der Waals surface area contributed by atoms with Gasteiger partial charge in [0, 0.05) is 5.69 Å². The van der Waals surface area contributed by atoms with Crippen LogP contribution >= 0.6 is 12.4 Å². The highest BCUT2D eigenvalue weighted by atomic mass is 35.5. The highest BCUT2D eigenvalue weighted by Gasteiger charge is 1.81. The molecule has 1 aromatic carbocycles. The number of halogens is 1. The summed E-state index contributed by atoms with van der Waals surface area (Å²) in [6.45, 7) is 1.97. The number of hydrogen-bond donors (Lipinski definition) is 1. The summed E-state index contributed by atoms with van der Waals surface area (Å²) >= 11 is 0. The van der Waals surface area contributed by atoms with E-state index < -0.39 is 0 Å². The number of anilines is 1. The lowest BCUT2D eigenvalue weighted by molar-refractivity contribution is 1.46. The van der Waals surface area contributed by atoms with E-state index in [1.807, 2.05) is 25.1 Å². The summed E-state index contributed by atoms with van der Waals surface area (Å²) < 4.78 is 0. The zero-order valence-corrected chi connectivity index (χ0v) is 6.03. The molecular weight excluding hydrogens is 134 g/mol. The van der Waals surface area contributed by atoms with Crippen molar-refractivity contribution in [2.75, 3.05) is 5.73 Å². The Bertz CT molecular complexity index is 169. The molecule has 0 spiro atoms. The second kappa shape index (κ2) is 3.36. The van der Waals surface area contributed by atoms with E-state index in [1.54, 1.807) is 0 Å². The summed E-state index contributed by atoms with van der Waals surface area (Å²) in [4.78, 5) is 0. The summed E-state index contributed by atoms with van der Waals surface area (Å²) in [5, 5.41) is 0. The minimum atomic E-state index is 0. The lowest BCUT2D eigenvalue weighted by atomic mass is 10.2. The van der Waals surface area contributed by atoms with Gasteiger partial charge in [-0.2, -0.15) is 0 Å². The van der Waals surface area contributed by atoms with Crippen LogP contribution in [-0.4, -0.2) is 0 Å². The van der Waals surface area contributed by atoms with Crippen molar-refractivity contribution in [3.63, 3.8) is 0 Å². The number of benzene rings is 1. The molecule has 0 aliphatic carbocycles. The Hall–Kier alpha value is -0.690. The summed E-state index contributed by atoms with van der Waals surface area (Å²) in [6, 6.07) is 8.53. The van der Waals surface area contributed by atoms with E-state index in [4.69, 9.17) is 5.73 Å². The first kappa shape index (κ1) is 8.31. The van der Waals surface area contributed by atoms with Crippen LogP contribution in [0.15, 0.2) is 18.2 Å². The summed E-state index contributed by atoms with van der Waals surface area (Å²) in [6.07, 6.45) is 0. The maximum atomic E-state index is 5.44. The Balaban J connectivity index is 0.000000640. The first-order valence-electron chi connectivity index (χ1n) is 2.53. The van der Waals surface area contributed by atoms with Gasteiger partial charge in [0.25, 0.3) is 0 Å². The zero-order valence-electron chi connectivity index (χ0n) is 5.22. The lowest BCUT2D eigenvalue weighted by Gasteiger charge is -1.90. The molecule has 1 aromatic rings. The van der Waals surface area contributed by atoms with Gasteiger partial charge in [0.2, 0.25) is 0 Å². The molecule has 0 unspecified atom stereocenters. The predicted molar refractivity (Wildman–Crippen MR) is 41.7 cm³/mol. The molecule has 0 amide bonds. The highest BCUT2D eigenvalue weighted by Crippen LogP contribution is 2.02. The van der Waals surface area contributed by atoms with Crippen molar-refractivity contribution in [1.29, 1.82) is 0 Å². The molecule has 0 bridgehead atoms. The Labute approximate surface area is 61.3 Å². The molecule has 9 heavy (non-hydrogen) atoms. The average Bonchev–Trinajstić information content (AvgIpc) is 1.64. The zero-order chi connectivity index (χ0) is 5.98. The molecule has 2 heteroatoms. The van der Waals surface area contributed by atoms with Gasteiger partial charge >= 0.3 is 0 Å². The fraction of sp³-hybridized carbons (Fsp3) is 0.143. The molecule has 2 N–H and O–H groups in total. The number of nitrogen functional groups attached to an aromatic ring is 1. The molecule has 0 heterocycles. The maximum absolute atomic E-state index is 5.44. The van der Waals surface area contributed by atoms with Crippen molar-refractivity contribution in [1.82, 2.24) is 0 Å². The quantitative estimate of drug-likeness (QED) is 0.550. The van der Waals surface area contributed by atoms with Crippen LogP contribution in [0.3, 0.4) is 0 Å². The summed E-state index contributed by atoms with van der Waals surface area (Å²) in [5.41, 5.74) is 7.33. The Kier molecular flexibility index (Phi) is 3.10. The Morgan fingerprint density at radius 1 is 1.56 bits per heavy atom. The third-order valence-electron chi connectivity index (χ3n) is 0.970. The van der Waals surface area contributed by atoms with Gasteiger partial charge in [-0.05, 0) is 30.7 Å². The topological polar surface area (TPSA) is 26.0 Å². The molecule has 1 rings (SSSR count). The first-order chi connectivity index (χ1) is 3.79.